The van der Waals surface area contributed by atoms with Crippen LogP contribution < -0.4 is 20.3 Å². The molecular weight excluding hydrogens is 524 g/mol. The Hall–Kier alpha value is -3.33. The van der Waals surface area contributed by atoms with Gasteiger partial charge in [-0.3, -0.25) is 19.1 Å². The Labute approximate surface area is 231 Å². The molecule has 0 atom stereocenters. The molecule has 1 N–H and O–H groups in total. The number of ether oxygens (including phenoxy) is 3. The molecule has 0 unspecified atom stereocenters. The lowest BCUT2D eigenvalue weighted by atomic mass is 10.0. The summed E-state index contributed by atoms with van der Waals surface area (Å²) in [5.41, 5.74) is 1.76. The predicted octanol–water partition coefficient (Wildman–Crippen LogP) is 4.41. The minimum atomic E-state index is -0.361. The van der Waals surface area contributed by atoms with Gasteiger partial charge in [-0.15, -0.1) is 0 Å². The first kappa shape index (κ1) is 27.7. The molecule has 11 heteroatoms. The van der Waals surface area contributed by atoms with Crippen molar-refractivity contribution >= 4 is 46.1 Å². The maximum absolute atomic E-state index is 13.3. The summed E-state index contributed by atoms with van der Waals surface area (Å²) in [6.45, 7) is 8.25. The van der Waals surface area contributed by atoms with Crippen LogP contribution in [0.5, 0.6) is 11.5 Å². The van der Waals surface area contributed by atoms with Crippen molar-refractivity contribution in [3.05, 3.63) is 55.7 Å². The van der Waals surface area contributed by atoms with E-state index < -0.39 is 0 Å². The van der Waals surface area contributed by atoms with E-state index in [4.69, 9.17) is 26.4 Å². The molecule has 1 aromatic heterocycles. The summed E-state index contributed by atoms with van der Waals surface area (Å²) in [7, 11) is 0. The van der Waals surface area contributed by atoms with Crippen molar-refractivity contribution in [2.24, 2.45) is 0 Å². The Balaban J connectivity index is 1.71. The first-order valence-corrected chi connectivity index (χ1v) is 13.7. The average Bonchev–Trinajstić information content (AvgIpc) is 3.48. The first-order valence-electron chi connectivity index (χ1n) is 12.5. The zero-order valence-electron chi connectivity index (χ0n) is 21.7. The lowest BCUT2D eigenvalue weighted by molar-refractivity contribution is -0.122. The number of carbonyl (C=O) groups is 1. The molecule has 38 heavy (non-hydrogen) atoms. The number of fused-ring (bicyclic) bond motifs is 1. The van der Waals surface area contributed by atoms with E-state index in [0.717, 1.165) is 5.56 Å². The second kappa shape index (κ2) is 12.5. The van der Waals surface area contributed by atoms with E-state index in [1.54, 1.807) is 22.5 Å². The number of nitrogens with one attached hydrogen (secondary N) is 1. The standard InChI is InChI=1S/C27H30N4O5S2/c1-4-9-30-24(29-15-18-7-8-21-22(12-18)36-16-35-21)19(17(3)20(14-28)25(30)32)13-23-26(33)31(27(37)38-23)10-6-11-34-5-2/h7-8,12-13,29H,4-6,9-11,15-16H2,1-3H3/b23-13+. The molecule has 2 aliphatic rings. The number of hydrogen-bond donors (Lipinski definition) is 1. The van der Waals surface area contributed by atoms with Crippen molar-refractivity contribution in [2.45, 2.75) is 46.7 Å². The molecule has 1 saturated heterocycles. The van der Waals surface area contributed by atoms with Gasteiger partial charge in [0.05, 0.1) is 4.91 Å². The summed E-state index contributed by atoms with van der Waals surface area (Å²) >= 11 is 6.71. The van der Waals surface area contributed by atoms with Crippen molar-refractivity contribution < 1.29 is 19.0 Å². The Kier molecular flexibility index (Phi) is 9.09. The molecule has 0 aliphatic carbocycles. The Bertz CT molecular complexity index is 1380. The largest absolute Gasteiger partial charge is 0.454 e. The Morgan fingerprint density at radius 2 is 2.03 bits per heavy atom. The molecule has 4 rings (SSSR count). The minimum absolute atomic E-state index is 0.0607. The number of nitriles is 1. The molecule has 2 aromatic rings. The van der Waals surface area contributed by atoms with Crippen LogP contribution in [-0.4, -0.2) is 46.2 Å². The molecule has 200 valence electrons. The number of carbonyl (C=O) groups excluding carboxylic acids is 1. The molecule has 2 aliphatic heterocycles. The lowest BCUT2D eigenvalue weighted by Gasteiger charge is -2.20. The smallest absolute Gasteiger partial charge is 0.270 e. The predicted molar refractivity (Wildman–Crippen MR) is 151 cm³/mol. The summed E-state index contributed by atoms with van der Waals surface area (Å²) in [4.78, 5) is 28.5. The van der Waals surface area contributed by atoms with Crippen LogP contribution in [0.1, 0.15) is 48.9 Å². The van der Waals surface area contributed by atoms with Gasteiger partial charge in [-0.25, -0.2) is 0 Å². The van der Waals surface area contributed by atoms with Gasteiger partial charge in [0.25, 0.3) is 11.5 Å². The van der Waals surface area contributed by atoms with Crippen LogP contribution in [0.2, 0.25) is 0 Å². The highest BCUT2D eigenvalue weighted by molar-refractivity contribution is 8.26. The van der Waals surface area contributed by atoms with Crippen molar-refractivity contribution in [1.82, 2.24) is 9.47 Å². The number of benzene rings is 1. The maximum atomic E-state index is 13.3. The van der Waals surface area contributed by atoms with Gasteiger partial charge < -0.3 is 19.5 Å². The molecule has 1 amide bonds. The summed E-state index contributed by atoms with van der Waals surface area (Å²) in [6, 6.07) is 7.72. The molecule has 9 nitrogen and oxygen atoms in total. The van der Waals surface area contributed by atoms with E-state index in [2.05, 4.69) is 11.4 Å². The molecule has 3 heterocycles. The van der Waals surface area contributed by atoms with E-state index >= 15 is 0 Å². The zero-order chi connectivity index (χ0) is 27.2. The number of rotatable bonds is 11. The van der Waals surface area contributed by atoms with Crippen LogP contribution in [0.3, 0.4) is 0 Å². The van der Waals surface area contributed by atoms with Gasteiger partial charge >= 0.3 is 0 Å². The third-order valence-electron chi connectivity index (χ3n) is 6.24. The molecule has 1 aromatic carbocycles. The van der Waals surface area contributed by atoms with Gasteiger partial charge in [0.15, 0.2) is 11.5 Å². The van der Waals surface area contributed by atoms with Crippen LogP contribution in [-0.2, 0) is 22.6 Å². The summed E-state index contributed by atoms with van der Waals surface area (Å²) < 4.78 is 18.3. The van der Waals surface area contributed by atoms with Crippen LogP contribution >= 0.6 is 24.0 Å². The zero-order valence-corrected chi connectivity index (χ0v) is 23.3. The Morgan fingerprint density at radius 3 is 2.76 bits per heavy atom. The number of nitrogens with zero attached hydrogens (tertiary/aromatic N) is 3. The Morgan fingerprint density at radius 1 is 1.24 bits per heavy atom. The number of aromatic nitrogens is 1. The van der Waals surface area contributed by atoms with Gasteiger partial charge in [-0.2, -0.15) is 5.26 Å². The molecule has 0 spiro atoms. The van der Waals surface area contributed by atoms with Crippen LogP contribution in [0.25, 0.3) is 6.08 Å². The van der Waals surface area contributed by atoms with Gasteiger partial charge in [-0.05, 0) is 56.0 Å². The van der Waals surface area contributed by atoms with E-state index in [9.17, 15) is 14.9 Å². The van der Waals surface area contributed by atoms with Crippen LogP contribution in [0, 0.1) is 18.3 Å². The fourth-order valence-corrected chi connectivity index (χ4v) is 5.61. The number of hydrogen-bond acceptors (Lipinski definition) is 9. The van der Waals surface area contributed by atoms with E-state index in [1.165, 1.54) is 11.8 Å². The third-order valence-corrected chi connectivity index (χ3v) is 7.62. The summed E-state index contributed by atoms with van der Waals surface area (Å²) in [6.07, 6.45) is 3.11. The van der Waals surface area contributed by atoms with Crippen molar-refractivity contribution in [3.63, 3.8) is 0 Å². The molecular formula is C27H30N4O5S2. The van der Waals surface area contributed by atoms with Gasteiger partial charge in [0, 0.05) is 38.4 Å². The minimum Gasteiger partial charge on any atom is -0.454 e. The first-order chi connectivity index (χ1) is 18.4. The number of thioether (sulfide) groups is 1. The lowest BCUT2D eigenvalue weighted by Crippen LogP contribution is -2.30. The number of amides is 1. The topological polar surface area (TPSA) is 106 Å². The molecule has 0 saturated carbocycles. The van der Waals surface area contributed by atoms with Crippen molar-refractivity contribution in [1.29, 1.82) is 5.26 Å². The van der Waals surface area contributed by atoms with Crippen LogP contribution in [0.15, 0.2) is 27.9 Å². The van der Waals surface area contributed by atoms with E-state index in [1.807, 2.05) is 32.0 Å². The van der Waals surface area contributed by atoms with Gasteiger partial charge in [-0.1, -0.05) is 37.0 Å². The number of thiocarbonyl (C=S) groups is 1. The average molecular weight is 555 g/mol. The van der Waals surface area contributed by atoms with Gasteiger partial charge in [0.2, 0.25) is 6.79 Å². The third kappa shape index (κ3) is 5.72. The maximum Gasteiger partial charge on any atom is 0.270 e. The highest BCUT2D eigenvalue weighted by Crippen LogP contribution is 2.36. The fourth-order valence-electron chi connectivity index (χ4n) is 4.32. The fraction of sp³-hybridized carbons (Fsp3) is 0.407. The SMILES string of the molecule is CCCn1c(NCc2ccc3c(c2)OCO3)c(/C=C2/SC(=S)N(CCCOCC)C2=O)c(C)c(C#N)c1=O. The quantitative estimate of drug-likeness (QED) is 0.246. The number of anilines is 1. The number of pyridine rings is 1. The van der Waals surface area contributed by atoms with Crippen LogP contribution in [0.4, 0.5) is 5.82 Å². The molecule has 0 bridgehead atoms. The summed E-state index contributed by atoms with van der Waals surface area (Å²) in [5, 5.41) is 13.2. The summed E-state index contributed by atoms with van der Waals surface area (Å²) in [5.74, 6) is 1.71. The normalized spacial score (nSPS) is 15.4. The monoisotopic (exact) mass is 554 g/mol. The van der Waals surface area contributed by atoms with E-state index in [-0.39, 0.29) is 23.8 Å². The van der Waals surface area contributed by atoms with Gasteiger partial charge in [0.1, 0.15) is 21.8 Å². The van der Waals surface area contributed by atoms with Crippen molar-refractivity contribution in [3.8, 4) is 17.6 Å². The van der Waals surface area contributed by atoms with Crippen molar-refractivity contribution in [2.75, 3.05) is 31.9 Å². The second-order valence-corrected chi connectivity index (χ2v) is 10.4. The molecule has 1 fully saturated rings. The van der Waals surface area contributed by atoms with E-state index in [0.29, 0.717) is 83.4 Å². The highest BCUT2D eigenvalue weighted by Gasteiger charge is 2.32. The highest BCUT2D eigenvalue weighted by atomic mass is 32.2. The second-order valence-electron chi connectivity index (χ2n) is 8.76. The molecule has 0 radical (unpaired) electrons.